The van der Waals surface area contributed by atoms with Crippen LogP contribution in [0.5, 0.6) is 0 Å². The number of carboxylic acid groups (broad SMARTS) is 1. The Bertz CT molecular complexity index is 1950. The molecule has 1 aromatic carbocycles. The topological polar surface area (TPSA) is 399 Å². The molecule has 0 aromatic heterocycles. The highest BCUT2D eigenvalue weighted by Gasteiger charge is 2.34. The van der Waals surface area contributed by atoms with Crippen molar-refractivity contribution in [2.75, 3.05) is 62.4 Å². The molecule has 1 aromatic rings. The molecular formula is C42H67N13O12S3. The van der Waals surface area contributed by atoms with E-state index in [1.165, 1.54) is 0 Å². The summed E-state index contributed by atoms with van der Waals surface area (Å²) in [6.45, 7) is 1.87. The monoisotopic (exact) mass is 1040 g/mol. The van der Waals surface area contributed by atoms with E-state index in [2.05, 4.69) is 78.1 Å². The molecule has 16 N–H and O–H groups in total. The van der Waals surface area contributed by atoms with E-state index in [0.717, 1.165) is 11.8 Å². The number of nitrogens with two attached hydrogens (primary N) is 3. The van der Waals surface area contributed by atoms with Gasteiger partial charge in [0, 0.05) is 43.4 Å². The lowest BCUT2D eigenvalue weighted by molar-refractivity contribution is -0.141. The Kier molecular flexibility index (Phi) is 29.0. The molecule has 0 radical (unpaired) electrons. The predicted molar refractivity (Wildman–Crippen MR) is 266 cm³/mol. The van der Waals surface area contributed by atoms with Crippen molar-refractivity contribution in [1.82, 2.24) is 47.9 Å². The molecule has 0 bridgehead atoms. The van der Waals surface area contributed by atoms with Crippen LogP contribution in [0.15, 0.2) is 35.3 Å². The predicted octanol–water partition coefficient (Wildman–Crippen LogP) is -4.84. The summed E-state index contributed by atoms with van der Waals surface area (Å²) < 4.78 is 5.32. The molecule has 1 heterocycles. The van der Waals surface area contributed by atoms with Gasteiger partial charge in [-0.2, -0.15) is 25.3 Å². The highest BCUT2D eigenvalue weighted by molar-refractivity contribution is 8.00. The zero-order valence-electron chi connectivity index (χ0n) is 38.9. The van der Waals surface area contributed by atoms with Crippen LogP contribution >= 0.6 is 37.0 Å². The number of aliphatic imine (C=N–C) groups is 1. The van der Waals surface area contributed by atoms with Gasteiger partial charge in [-0.1, -0.05) is 30.3 Å². The summed E-state index contributed by atoms with van der Waals surface area (Å²) in [5, 5.41) is 32.2. The Morgan fingerprint density at radius 1 is 0.743 bits per heavy atom. The number of guanidine groups is 1. The van der Waals surface area contributed by atoms with E-state index in [9.17, 15) is 53.1 Å². The van der Waals surface area contributed by atoms with Crippen LogP contribution in [0.1, 0.15) is 51.0 Å². The van der Waals surface area contributed by atoms with Gasteiger partial charge in [0.25, 0.3) is 0 Å². The molecule has 390 valence electrons. The Labute approximate surface area is 420 Å². The molecule has 28 heteroatoms. The van der Waals surface area contributed by atoms with E-state index >= 15 is 0 Å². The van der Waals surface area contributed by atoms with Crippen LogP contribution < -0.4 is 65.1 Å². The maximum atomic E-state index is 14.1. The SMILES string of the molecule is CCOCCNC(=O)[C@@H]1CSCC(=O)N[C@@H](CCCCN)C(=O)N[C@@H](CS)C(=O)N[C@@H](CCCN=C(N)N)C(=O)NCC(=O)N[C@@H](CC(=O)O)C(=O)N[C@@H](CS)C(=O)N[C@@H](Cc2ccccc2)C(=O)N1. The molecule has 2 rings (SSSR count). The van der Waals surface area contributed by atoms with Gasteiger partial charge in [0.1, 0.15) is 42.3 Å². The van der Waals surface area contributed by atoms with Crippen LogP contribution in [-0.2, 0) is 59.1 Å². The van der Waals surface area contributed by atoms with Crippen molar-refractivity contribution in [2.45, 2.75) is 94.2 Å². The van der Waals surface area contributed by atoms with Gasteiger partial charge >= 0.3 is 5.97 Å². The lowest BCUT2D eigenvalue weighted by Gasteiger charge is -2.26. The van der Waals surface area contributed by atoms with E-state index in [4.69, 9.17) is 21.9 Å². The summed E-state index contributed by atoms with van der Waals surface area (Å²) in [6, 6.07) is -1.35. The zero-order valence-corrected chi connectivity index (χ0v) is 41.5. The summed E-state index contributed by atoms with van der Waals surface area (Å²) in [5.74, 6) is -10.6. The number of thioether (sulfide) groups is 1. The van der Waals surface area contributed by atoms with Crippen LogP contribution in [0, 0.1) is 0 Å². The van der Waals surface area contributed by atoms with Crippen LogP contribution in [0.2, 0.25) is 0 Å². The molecule has 0 unspecified atom stereocenters. The summed E-state index contributed by atoms with van der Waals surface area (Å²) in [4.78, 5) is 138. The number of benzene rings is 1. The summed E-state index contributed by atoms with van der Waals surface area (Å²) in [7, 11) is 0. The van der Waals surface area contributed by atoms with E-state index in [0.29, 0.717) is 25.0 Å². The Morgan fingerprint density at radius 3 is 1.90 bits per heavy atom. The third-order valence-electron chi connectivity index (χ3n) is 10.1. The smallest absolute Gasteiger partial charge is 0.305 e. The second-order valence-electron chi connectivity index (χ2n) is 15.7. The number of amides is 9. The first-order valence-corrected chi connectivity index (χ1v) is 24.9. The van der Waals surface area contributed by atoms with E-state index < -0.39 is 114 Å². The average Bonchev–Trinajstić information content (AvgIpc) is 3.32. The van der Waals surface area contributed by atoms with Gasteiger partial charge in [-0.15, -0.1) is 11.8 Å². The second-order valence-corrected chi connectivity index (χ2v) is 17.4. The standard InChI is InChI=1S/C42H67N13O12S3/c1-2-67-16-15-46-36(61)31-22-70-23-33(57)49-26(11-6-7-13-43)37(62)53-29(20-68)40(65)51-25(12-8-14-47-42(44)45)35(60)48-19-32(56)50-28(18-34(58)59)39(64)54-30(21-69)41(66)52-27(38(63)55-31)17-24-9-4-3-5-10-24/h3-5,9-10,25-31,68-69H,2,6-8,11-23,43H2,1H3,(H,46,61)(H,48,60)(H,49,57)(H,50,56)(H,51,65)(H,52,66)(H,53,62)(H,54,64)(H,55,63)(H,58,59)(H4,44,45,47)/t25-,26-,27-,28-,29-,30-,31-/m0/s1. The molecule has 9 amide bonds. The van der Waals surface area contributed by atoms with Gasteiger partial charge in [-0.25, -0.2) is 0 Å². The van der Waals surface area contributed by atoms with E-state index in [-0.39, 0.29) is 80.9 Å². The number of carboxylic acids is 1. The molecule has 0 saturated carbocycles. The minimum Gasteiger partial charge on any atom is -0.481 e. The third kappa shape index (κ3) is 23.6. The van der Waals surface area contributed by atoms with Crippen molar-refractivity contribution in [3.8, 4) is 0 Å². The van der Waals surface area contributed by atoms with Crippen molar-refractivity contribution < 1.29 is 57.8 Å². The zero-order chi connectivity index (χ0) is 52.0. The number of hydrogen-bond donors (Lipinski definition) is 15. The van der Waals surface area contributed by atoms with Gasteiger partial charge in [0.05, 0.1) is 25.3 Å². The summed E-state index contributed by atoms with van der Waals surface area (Å²) in [6.07, 6.45) is -0.0123. The molecule has 0 aliphatic carbocycles. The average molecular weight is 1040 g/mol. The Hall–Kier alpha value is -5.84. The number of carbonyl (C=O) groups excluding carboxylic acids is 9. The number of thiol groups is 2. The van der Waals surface area contributed by atoms with E-state index in [1.54, 1.807) is 37.3 Å². The molecule has 1 saturated heterocycles. The number of unbranched alkanes of at least 4 members (excludes halogenated alkanes) is 1. The lowest BCUT2D eigenvalue weighted by Crippen LogP contribution is -2.60. The largest absolute Gasteiger partial charge is 0.481 e. The van der Waals surface area contributed by atoms with Gasteiger partial charge < -0.3 is 74.9 Å². The Balaban J connectivity index is 2.62. The molecule has 70 heavy (non-hydrogen) atoms. The second kappa shape index (κ2) is 33.7. The van der Waals surface area contributed by atoms with Gasteiger partial charge in [0.2, 0.25) is 53.2 Å². The normalized spacial score (nSPS) is 23.1. The van der Waals surface area contributed by atoms with Crippen LogP contribution in [0.3, 0.4) is 0 Å². The van der Waals surface area contributed by atoms with Crippen LogP contribution in [0.25, 0.3) is 0 Å². The quantitative estimate of drug-likeness (QED) is 0.0267. The highest BCUT2D eigenvalue weighted by Crippen LogP contribution is 2.10. The van der Waals surface area contributed by atoms with Crippen molar-refractivity contribution in [2.24, 2.45) is 22.2 Å². The number of aliphatic carboxylic acids is 1. The highest BCUT2D eigenvalue weighted by atomic mass is 32.2. The van der Waals surface area contributed by atoms with Crippen molar-refractivity contribution in [3.63, 3.8) is 0 Å². The lowest BCUT2D eigenvalue weighted by atomic mass is 10.0. The summed E-state index contributed by atoms with van der Waals surface area (Å²) in [5.41, 5.74) is 17.1. The van der Waals surface area contributed by atoms with Crippen molar-refractivity contribution >= 4 is 102 Å². The third-order valence-corrected chi connectivity index (χ3v) is 11.8. The number of nitrogens with one attached hydrogen (secondary N) is 9. The summed E-state index contributed by atoms with van der Waals surface area (Å²) >= 11 is 9.38. The number of nitrogens with zero attached hydrogens (tertiary/aromatic N) is 1. The maximum absolute atomic E-state index is 14.1. The van der Waals surface area contributed by atoms with Crippen molar-refractivity contribution in [3.05, 3.63) is 35.9 Å². The van der Waals surface area contributed by atoms with Gasteiger partial charge in [-0.3, -0.25) is 52.9 Å². The van der Waals surface area contributed by atoms with Crippen molar-refractivity contribution in [1.29, 1.82) is 0 Å². The molecular weight excluding hydrogens is 975 g/mol. The molecule has 1 fully saturated rings. The number of hydrogen-bond acceptors (Lipinski definition) is 16. The molecule has 1 aliphatic heterocycles. The first kappa shape index (κ1) is 60.3. The van der Waals surface area contributed by atoms with Crippen LogP contribution in [-0.4, -0.2) is 175 Å². The number of ether oxygens (including phenoxy) is 1. The van der Waals surface area contributed by atoms with Gasteiger partial charge in [0.15, 0.2) is 5.96 Å². The Morgan fingerprint density at radius 2 is 1.30 bits per heavy atom. The molecule has 1 aliphatic rings. The maximum Gasteiger partial charge on any atom is 0.305 e. The number of rotatable bonds is 19. The molecule has 0 spiro atoms. The molecule has 7 atom stereocenters. The van der Waals surface area contributed by atoms with Gasteiger partial charge in [-0.05, 0) is 51.1 Å². The fourth-order valence-corrected chi connectivity index (χ4v) is 7.84. The number of carbonyl (C=O) groups is 10. The fourth-order valence-electron chi connectivity index (χ4n) is 6.46. The first-order chi connectivity index (χ1) is 33.4. The molecule has 25 nitrogen and oxygen atoms in total. The fraction of sp³-hybridized carbons (Fsp3) is 0.595. The van der Waals surface area contributed by atoms with E-state index in [1.807, 2.05) is 0 Å². The minimum atomic E-state index is -1.79. The first-order valence-electron chi connectivity index (χ1n) is 22.5. The van der Waals surface area contributed by atoms with Crippen LogP contribution in [0.4, 0.5) is 0 Å². The minimum absolute atomic E-state index is 0.0395.